The molecule has 0 saturated carbocycles. The Morgan fingerprint density at radius 2 is 1.83 bits per heavy atom. The summed E-state index contributed by atoms with van der Waals surface area (Å²) in [6.07, 6.45) is 0. The molecule has 2 aromatic carbocycles. The summed E-state index contributed by atoms with van der Waals surface area (Å²) in [5, 5.41) is 6.27. The maximum atomic E-state index is 12.1. The minimum absolute atomic E-state index is 0.0594. The van der Waals surface area contributed by atoms with Crippen LogP contribution in [0.2, 0.25) is 0 Å². The van der Waals surface area contributed by atoms with E-state index in [4.69, 9.17) is 0 Å². The number of carbonyl (C=O) groups is 1. The third-order valence-corrected chi connectivity index (χ3v) is 3.17. The quantitative estimate of drug-likeness (QED) is 0.844. The van der Waals surface area contributed by atoms with Gasteiger partial charge in [0.05, 0.1) is 0 Å². The van der Waals surface area contributed by atoms with Crippen LogP contribution in [-0.2, 0) is 13.1 Å². The van der Waals surface area contributed by atoms with Crippen molar-refractivity contribution in [2.75, 3.05) is 5.32 Å². The number of fused-ring (bicyclic) bond motifs is 1. The minimum Gasteiger partial charge on any atom is -0.322 e. The zero-order chi connectivity index (χ0) is 12.4. The average Bonchev–Trinajstić information content (AvgIpc) is 2.89. The molecule has 0 bridgehead atoms. The topological polar surface area (TPSA) is 41.1 Å². The molecule has 1 aliphatic rings. The summed E-state index contributed by atoms with van der Waals surface area (Å²) in [7, 11) is 0. The van der Waals surface area contributed by atoms with Crippen LogP contribution in [0.5, 0.6) is 0 Å². The zero-order valence-corrected chi connectivity index (χ0v) is 9.94. The molecule has 2 aromatic rings. The third kappa shape index (κ3) is 2.00. The van der Waals surface area contributed by atoms with E-state index in [2.05, 4.69) is 16.7 Å². The van der Waals surface area contributed by atoms with Crippen molar-refractivity contribution in [1.82, 2.24) is 5.32 Å². The molecule has 0 atom stereocenters. The van der Waals surface area contributed by atoms with E-state index in [1.54, 1.807) is 0 Å². The number of nitrogens with one attached hydrogen (secondary N) is 2. The Bertz CT molecular complexity index is 578. The maximum Gasteiger partial charge on any atom is 0.255 e. The van der Waals surface area contributed by atoms with Crippen LogP contribution in [0.15, 0.2) is 48.5 Å². The lowest BCUT2D eigenvalue weighted by Gasteiger charge is -2.09. The molecule has 3 nitrogen and oxygen atoms in total. The molecule has 0 radical (unpaired) electrons. The van der Waals surface area contributed by atoms with Gasteiger partial charge in [-0.1, -0.05) is 30.3 Å². The van der Waals surface area contributed by atoms with E-state index in [-0.39, 0.29) is 5.91 Å². The molecule has 3 heteroatoms. The first-order valence-corrected chi connectivity index (χ1v) is 6.02. The van der Waals surface area contributed by atoms with Gasteiger partial charge in [0.2, 0.25) is 0 Å². The summed E-state index contributed by atoms with van der Waals surface area (Å²) >= 11 is 0. The Labute approximate surface area is 106 Å². The first-order valence-electron chi connectivity index (χ1n) is 6.02. The Kier molecular flexibility index (Phi) is 2.82. The first-order chi connectivity index (χ1) is 8.84. The van der Waals surface area contributed by atoms with Crippen molar-refractivity contribution in [3.8, 4) is 0 Å². The van der Waals surface area contributed by atoms with E-state index < -0.39 is 0 Å². The van der Waals surface area contributed by atoms with E-state index in [1.165, 1.54) is 11.1 Å². The van der Waals surface area contributed by atoms with Crippen molar-refractivity contribution < 1.29 is 4.79 Å². The lowest BCUT2D eigenvalue weighted by Crippen LogP contribution is -2.13. The highest BCUT2D eigenvalue weighted by atomic mass is 16.1. The Morgan fingerprint density at radius 3 is 2.67 bits per heavy atom. The summed E-state index contributed by atoms with van der Waals surface area (Å²) in [5.74, 6) is -0.0594. The highest BCUT2D eigenvalue weighted by Crippen LogP contribution is 2.24. The molecule has 3 rings (SSSR count). The predicted octanol–water partition coefficient (Wildman–Crippen LogP) is 2.54. The number of carbonyl (C=O) groups excluding carboxylic acids is 1. The van der Waals surface area contributed by atoms with Crippen LogP contribution in [0.25, 0.3) is 0 Å². The lowest BCUT2D eigenvalue weighted by atomic mass is 10.1. The van der Waals surface area contributed by atoms with Gasteiger partial charge in [0, 0.05) is 24.3 Å². The highest BCUT2D eigenvalue weighted by Gasteiger charge is 2.15. The van der Waals surface area contributed by atoms with Crippen LogP contribution >= 0.6 is 0 Å². The molecular weight excluding hydrogens is 224 g/mol. The van der Waals surface area contributed by atoms with Gasteiger partial charge < -0.3 is 10.6 Å². The van der Waals surface area contributed by atoms with Gasteiger partial charge in [0.1, 0.15) is 0 Å². The maximum absolute atomic E-state index is 12.1. The van der Waals surface area contributed by atoms with Crippen LogP contribution in [0.1, 0.15) is 21.5 Å². The number of hydrogen-bond acceptors (Lipinski definition) is 2. The van der Waals surface area contributed by atoms with Crippen molar-refractivity contribution in [1.29, 1.82) is 0 Å². The molecule has 2 N–H and O–H groups in total. The molecular formula is C15H14N2O. The van der Waals surface area contributed by atoms with E-state index in [9.17, 15) is 4.79 Å². The predicted molar refractivity (Wildman–Crippen MR) is 71.4 cm³/mol. The molecule has 0 aliphatic carbocycles. The van der Waals surface area contributed by atoms with Gasteiger partial charge in [-0.15, -0.1) is 0 Å². The van der Waals surface area contributed by atoms with Crippen LogP contribution < -0.4 is 10.6 Å². The summed E-state index contributed by atoms with van der Waals surface area (Å²) < 4.78 is 0. The monoisotopic (exact) mass is 238 g/mol. The van der Waals surface area contributed by atoms with Crippen LogP contribution in [-0.4, -0.2) is 5.91 Å². The molecule has 0 spiro atoms. The van der Waals surface area contributed by atoms with E-state index in [0.717, 1.165) is 18.8 Å². The molecule has 0 unspecified atom stereocenters. The normalized spacial score (nSPS) is 13.1. The van der Waals surface area contributed by atoms with Gasteiger partial charge in [-0.05, 0) is 29.3 Å². The molecule has 90 valence electrons. The van der Waals surface area contributed by atoms with Crippen molar-refractivity contribution in [2.24, 2.45) is 0 Å². The van der Waals surface area contributed by atoms with Crippen LogP contribution in [0.4, 0.5) is 5.69 Å². The average molecular weight is 238 g/mol. The molecule has 1 heterocycles. The van der Waals surface area contributed by atoms with Gasteiger partial charge in [-0.25, -0.2) is 0 Å². The smallest absolute Gasteiger partial charge is 0.255 e. The molecule has 0 aromatic heterocycles. The van der Waals surface area contributed by atoms with Crippen molar-refractivity contribution in [2.45, 2.75) is 13.1 Å². The number of rotatable bonds is 2. The van der Waals surface area contributed by atoms with E-state index >= 15 is 0 Å². The van der Waals surface area contributed by atoms with Gasteiger partial charge in [0.15, 0.2) is 0 Å². The van der Waals surface area contributed by atoms with Crippen molar-refractivity contribution in [3.63, 3.8) is 0 Å². The van der Waals surface area contributed by atoms with Gasteiger partial charge in [-0.3, -0.25) is 4.79 Å². The highest BCUT2D eigenvalue weighted by molar-refractivity contribution is 6.04. The number of hydrogen-bond donors (Lipinski definition) is 2. The second-order valence-corrected chi connectivity index (χ2v) is 4.37. The summed E-state index contributed by atoms with van der Waals surface area (Å²) in [4.78, 5) is 12.1. The molecule has 0 saturated heterocycles. The third-order valence-electron chi connectivity index (χ3n) is 3.17. The van der Waals surface area contributed by atoms with Crippen LogP contribution in [0, 0.1) is 0 Å². The summed E-state index contributed by atoms with van der Waals surface area (Å²) in [6.45, 7) is 1.70. The molecule has 1 aliphatic heterocycles. The number of benzene rings is 2. The van der Waals surface area contributed by atoms with E-state index in [0.29, 0.717) is 5.56 Å². The Morgan fingerprint density at radius 1 is 1.00 bits per heavy atom. The molecule has 18 heavy (non-hydrogen) atoms. The zero-order valence-electron chi connectivity index (χ0n) is 9.94. The second kappa shape index (κ2) is 4.63. The van der Waals surface area contributed by atoms with Crippen molar-refractivity contribution >= 4 is 11.6 Å². The fourth-order valence-electron chi connectivity index (χ4n) is 2.23. The first kappa shape index (κ1) is 11.0. The fraction of sp³-hybridized carbons (Fsp3) is 0.133. The second-order valence-electron chi connectivity index (χ2n) is 4.37. The Balaban J connectivity index is 1.86. The fourth-order valence-corrected chi connectivity index (χ4v) is 2.23. The van der Waals surface area contributed by atoms with Crippen LogP contribution in [0.3, 0.4) is 0 Å². The van der Waals surface area contributed by atoms with Gasteiger partial charge in [0.25, 0.3) is 5.91 Å². The largest absolute Gasteiger partial charge is 0.322 e. The standard InChI is InChI=1S/C15H14N2O/c18-15(11-5-2-1-3-6-11)17-14-8-4-7-12-9-16-10-13(12)14/h1-8,16H,9-10H2,(H,17,18). The van der Waals surface area contributed by atoms with E-state index in [1.807, 2.05) is 42.5 Å². The lowest BCUT2D eigenvalue weighted by molar-refractivity contribution is 0.102. The van der Waals surface area contributed by atoms with Gasteiger partial charge in [-0.2, -0.15) is 0 Å². The molecule has 0 fully saturated rings. The Hall–Kier alpha value is -2.13. The summed E-state index contributed by atoms with van der Waals surface area (Å²) in [5.41, 5.74) is 4.05. The SMILES string of the molecule is O=C(Nc1cccc2c1CNC2)c1ccccc1. The number of amides is 1. The van der Waals surface area contributed by atoms with Gasteiger partial charge >= 0.3 is 0 Å². The number of anilines is 1. The van der Waals surface area contributed by atoms with Crippen molar-refractivity contribution in [3.05, 3.63) is 65.2 Å². The summed E-state index contributed by atoms with van der Waals surface area (Å²) in [6, 6.07) is 15.3. The minimum atomic E-state index is -0.0594. The molecule has 1 amide bonds.